The molecule has 1 aliphatic rings. The molecule has 1 N–H and O–H groups in total. The minimum absolute atomic E-state index is 0.00513. The van der Waals surface area contributed by atoms with Crippen molar-refractivity contribution in [1.82, 2.24) is 14.5 Å². The van der Waals surface area contributed by atoms with Crippen LogP contribution in [0.2, 0.25) is 0 Å². The number of sulfonamides is 1. The van der Waals surface area contributed by atoms with Crippen molar-refractivity contribution in [1.29, 1.82) is 0 Å². The van der Waals surface area contributed by atoms with Crippen LogP contribution in [-0.2, 0) is 26.3 Å². The van der Waals surface area contributed by atoms with Gasteiger partial charge >= 0.3 is 6.01 Å². The molecule has 1 fully saturated rings. The van der Waals surface area contributed by atoms with E-state index in [0.29, 0.717) is 6.54 Å². The van der Waals surface area contributed by atoms with E-state index in [1.165, 1.54) is 24.3 Å². The van der Waals surface area contributed by atoms with Gasteiger partial charge in [-0.25, -0.2) is 16.8 Å². The average Bonchev–Trinajstić information content (AvgIpc) is 3.35. The molecule has 0 radical (unpaired) electrons. The summed E-state index contributed by atoms with van der Waals surface area (Å²) >= 11 is 0. The van der Waals surface area contributed by atoms with Crippen LogP contribution in [0, 0.1) is 0 Å². The molecule has 10 nitrogen and oxygen atoms in total. The van der Waals surface area contributed by atoms with Gasteiger partial charge in [0.05, 0.1) is 21.5 Å². The third-order valence-electron chi connectivity index (χ3n) is 6.68. The molecule has 204 valence electrons. The molecule has 12 heteroatoms. The maximum Gasteiger partial charge on any atom is 0.322 e. The van der Waals surface area contributed by atoms with E-state index in [1.54, 1.807) is 42.4 Å². The summed E-state index contributed by atoms with van der Waals surface area (Å²) in [5.74, 6) is -0.273. The Morgan fingerprint density at radius 3 is 2.29 bits per heavy atom. The second-order valence-electron chi connectivity index (χ2n) is 9.57. The van der Waals surface area contributed by atoms with Crippen molar-refractivity contribution in [3.05, 3.63) is 65.5 Å². The molecular formula is C26H32N4O6S2. The molecule has 1 saturated heterocycles. The summed E-state index contributed by atoms with van der Waals surface area (Å²) in [6.45, 7) is 5.75. The lowest BCUT2D eigenvalue weighted by Crippen LogP contribution is -2.43. The first kappa shape index (κ1) is 27.9. The van der Waals surface area contributed by atoms with E-state index in [1.807, 2.05) is 6.92 Å². The van der Waals surface area contributed by atoms with E-state index in [0.717, 1.165) is 31.2 Å². The van der Waals surface area contributed by atoms with Crippen LogP contribution in [0.4, 0.5) is 6.01 Å². The van der Waals surface area contributed by atoms with Crippen LogP contribution in [0.1, 0.15) is 68.3 Å². The lowest BCUT2D eigenvalue weighted by Gasteiger charge is -2.34. The number of piperidine rings is 1. The van der Waals surface area contributed by atoms with Gasteiger partial charge in [-0.05, 0) is 75.1 Å². The minimum Gasteiger partial charge on any atom is -0.407 e. The Balaban J connectivity index is 1.39. The summed E-state index contributed by atoms with van der Waals surface area (Å²) in [7, 11) is -7.00. The van der Waals surface area contributed by atoms with Gasteiger partial charge in [-0.2, -0.15) is 4.31 Å². The highest BCUT2D eigenvalue weighted by Crippen LogP contribution is 2.27. The number of nitrogens with zero attached hydrogens (tertiary/aromatic N) is 3. The highest BCUT2D eigenvalue weighted by molar-refractivity contribution is 7.92. The van der Waals surface area contributed by atoms with Crippen molar-refractivity contribution in [2.75, 3.05) is 11.9 Å². The molecule has 3 aromatic rings. The summed E-state index contributed by atoms with van der Waals surface area (Å²) in [6, 6.07) is 12.1. The Kier molecular flexibility index (Phi) is 8.34. The maximum absolute atomic E-state index is 13.1. The number of anilines is 1. The number of carbonyl (C=O) groups is 1. The number of sulfone groups is 1. The molecule has 1 aliphatic heterocycles. The quantitative estimate of drug-likeness (QED) is 0.413. The van der Waals surface area contributed by atoms with Gasteiger partial charge in [0.15, 0.2) is 9.84 Å². The number of rotatable bonds is 9. The SMILES string of the molecule is CCC1CCCCN1S(=O)(=O)c1ccc(C(=O)Nc2nnc(Cc3ccc(S(=O)(=O)C(C)C)cc3)o2)cc1. The number of nitrogens with one attached hydrogen (secondary N) is 1. The fraction of sp³-hybridized carbons (Fsp3) is 0.423. The first-order chi connectivity index (χ1) is 18.0. The molecule has 2 aromatic carbocycles. The monoisotopic (exact) mass is 560 g/mol. The van der Waals surface area contributed by atoms with Crippen LogP contribution in [0.3, 0.4) is 0 Å². The number of hydrogen-bond donors (Lipinski definition) is 1. The topological polar surface area (TPSA) is 140 Å². The van der Waals surface area contributed by atoms with Gasteiger partial charge in [-0.3, -0.25) is 10.1 Å². The molecule has 38 heavy (non-hydrogen) atoms. The van der Waals surface area contributed by atoms with Gasteiger partial charge in [0.1, 0.15) is 0 Å². The molecule has 0 bridgehead atoms. The predicted molar refractivity (Wildman–Crippen MR) is 142 cm³/mol. The molecule has 0 saturated carbocycles. The number of benzene rings is 2. The summed E-state index contributed by atoms with van der Waals surface area (Å²) in [5, 5.41) is 9.79. The summed E-state index contributed by atoms with van der Waals surface area (Å²) in [4.78, 5) is 13.1. The van der Waals surface area contributed by atoms with Crippen LogP contribution >= 0.6 is 0 Å². The zero-order chi connectivity index (χ0) is 27.5. The standard InChI is InChI=1S/C26H32N4O6S2/c1-4-21-7-5-6-16-30(21)38(34,35)23-14-10-20(11-15-23)25(31)27-26-29-28-24(36-26)17-19-8-12-22(13-9-19)37(32,33)18(2)3/h8-15,18,21H,4-7,16-17H2,1-3H3,(H,27,29,31). The van der Waals surface area contributed by atoms with Gasteiger partial charge in [0.25, 0.3) is 5.91 Å². The zero-order valence-electron chi connectivity index (χ0n) is 21.6. The van der Waals surface area contributed by atoms with Gasteiger partial charge in [0.2, 0.25) is 15.9 Å². The largest absolute Gasteiger partial charge is 0.407 e. The van der Waals surface area contributed by atoms with E-state index in [9.17, 15) is 21.6 Å². The Morgan fingerprint density at radius 1 is 1.00 bits per heavy atom. The van der Waals surface area contributed by atoms with Crippen LogP contribution < -0.4 is 5.32 Å². The Hall–Kier alpha value is -3.09. The van der Waals surface area contributed by atoms with Gasteiger partial charge in [0, 0.05) is 18.2 Å². The number of aromatic nitrogens is 2. The van der Waals surface area contributed by atoms with Crippen LogP contribution in [-0.4, -0.2) is 55.1 Å². The van der Waals surface area contributed by atoms with Crippen molar-refractivity contribution in [3.8, 4) is 0 Å². The Morgan fingerprint density at radius 2 is 1.66 bits per heavy atom. The molecular weight excluding hydrogens is 528 g/mol. The van der Waals surface area contributed by atoms with Crippen molar-refractivity contribution in [2.24, 2.45) is 0 Å². The van der Waals surface area contributed by atoms with Crippen LogP contribution in [0.15, 0.2) is 62.7 Å². The fourth-order valence-electron chi connectivity index (χ4n) is 4.40. The van der Waals surface area contributed by atoms with E-state index < -0.39 is 31.0 Å². The Labute approximate surface area is 223 Å². The van der Waals surface area contributed by atoms with Crippen LogP contribution in [0.25, 0.3) is 0 Å². The summed E-state index contributed by atoms with van der Waals surface area (Å²) in [5.41, 5.74) is 1.02. The minimum atomic E-state index is -3.64. The number of amides is 1. The maximum atomic E-state index is 13.1. The second-order valence-corrected chi connectivity index (χ2v) is 14.0. The first-order valence-electron chi connectivity index (χ1n) is 12.6. The van der Waals surface area contributed by atoms with Gasteiger partial charge in [-0.1, -0.05) is 30.6 Å². The number of carbonyl (C=O) groups excluding carboxylic acids is 1. The lowest BCUT2D eigenvalue weighted by atomic mass is 10.0. The highest BCUT2D eigenvalue weighted by atomic mass is 32.2. The second kappa shape index (κ2) is 11.3. The van der Waals surface area contributed by atoms with Crippen LogP contribution in [0.5, 0.6) is 0 Å². The summed E-state index contributed by atoms with van der Waals surface area (Å²) in [6.07, 6.45) is 3.74. The van der Waals surface area contributed by atoms with E-state index >= 15 is 0 Å². The van der Waals surface area contributed by atoms with E-state index in [2.05, 4.69) is 15.5 Å². The number of hydrogen-bond acceptors (Lipinski definition) is 8. The average molecular weight is 561 g/mol. The van der Waals surface area contributed by atoms with E-state index in [-0.39, 0.29) is 39.7 Å². The fourth-order valence-corrected chi connectivity index (χ4v) is 7.23. The van der Waals surface area contributed by atoms with Crippen molar-refractivity contribution < 1.29 is 26.0 Å². The molecule has 2 heterocycles. The van der Waals surface area contributed by atoms with Crippen molar-refractivity contribution in [2.45, 2.75) is 74.0 Å². The smallest absolute Gasteiger partial charge is 0.322 e. The third-order valence-corrected chi connectivity index (χ3v) is 10.8. The summed E-state index contributed by atoms with van der Waals surface area (Å²) < 4.78 is 57.9. The lowest BCUT2D eigenvalue weighted by molar-refractivity contribution is 0.102. The molecule has 1 aromatic heterocycles. The molecule has 1 atom stereocenters. The molecule has 4 rings (SSSR count). The predicted octanol–water partition coefficient (Wildman–Crippen LogP) is 4.05. The zero-order valence-corrected chi connectivity index (χ0v) is 23.3. The molecule has 1 amide bonds. The van der Waals surface area contributed by atoms with Crippen molar-refractivity contribution >= 4 is 31.8 Å². The molecule has 0 aliphatic carbocycles. The van der Waals surface area contributed by atoms with Gasteiger partial charge < -0.3 is 4.42 Å². The van der Waals surface area contributed by atoms with Crippen molar-refractivity contribution in [3.63, 3.8) is 0 Å². The third kappa shape index (κ3) is 5.97. The van der Waals surface area contributed by atoms with E-state index in [4.69, 9.17) is 4.42 Å². The Bertz CT molecular complexity index is 1480. The highest BCUT2D eigenvalue weighted by Gasteiger charge is 2.32. The molecule has 1 unspecified atom stereocenters. The molecule has 0 spiro atoms. The first-order valence-corrected chi connectivity index (χ1v) is 15.6. The van der Waals surface area contributed by atoms with Gasteiger partial charge in [-0.15, -0.1) is 5.10 Å². The normalized spacial score (nSPS) is 17.0.